The molecule has 3 aromatic rings. The number of aryl methyl sites for hydroxylation is 1. The number of pyridine rings is 1. The molecule has 0 saturated carbocycles. The lowest BCUT2D eigenvalue weighted by atomic mass is 10.0. The standard InChI is InChI=1S/C16H14N2O2/c19-15(20)5-4-12-10-18-16-13(2-1-3-14(12)16)11-6-8-17-9-7-11/h1-3,6-10,18H,4-5H2,(H,19,20). The first-order valence-corrected chi connectivity index (χ1v) is 6.47. The van der Waals surface area contributed by atoms with Crippen LogP contribution in [0.25, 0.3) is 22.0 Å². The number of carboxylic acids is 1. The van der Waals surface area contributed by atoms with Gasteiger partial charge in [0.1, 0.15) is 0 Å². The molecule has 0 aliphatic carbocycles. The first-order valence-electron chi connectivity index (χ1n) is 6.47. The molecule has 2 N–H and O–H groups in total. The molecule has 0 atom stereocenters. The lowest BCUT2D eigenvalue weighted by molar-refractivity contribution is -0.136. The van der Waals surface area contributed by atoms with Gasteiger partial charge < -0.3 is 10.1 Å². The third-order valence-corrected chi connectivity index (χ3v) is 3.40. The summed E-state index contributed by atoms with van der Waals surface area (Å²) in [4.78, 5) is 18.0. The number of hydrogen-bond acceptors (Lipinski definition) is 2. The summed E-state index contributed by atoms with van der Waals surface area (Å²) in [6.07, 6.45) is 6.12. The maximum Gasteiger partial charge on any atom is 0.303 e. The molecule has 0 amide bonds. The number of para-hydroxylation sites is 1. The molecule has 0 unspecified atom stereocenters. The highest BCUT2D eigenvalue weighted by atomic mass is 16.4. The van der Waals surface area contributed by atoms with Crippen LogP contribution in [0.3, 0.4) is 0 Å². The van der Waals surface area contributed by atoms with E-state index in [9.17, 15) is 4.79 Å². The average molecular weight is 266 g/mol. The molecule has 20 heavy (non-hydrogen) atoms. The monoisotopic (exact) mass is 266 g/mol. The van der Waals surface area contributed by atoms with Crippen molar-refractivity contribution in [3.8, 4) is 11.1 Å². The van der Waals surface area contributed by atoms with Crippen molar-refractivity contribution < 1.29 is 9.90 Å². The Morgan fingerprint density at radius 3 is 2.75 bits per heavy atom. The van der Waals surface area contributed by atoms with Crippen LogP contribution in [0.1, 0.15) is 12.0 Å². The van der Waals surface area contributed by atoms with Gasteiger partial charge in [0.05, 0.1) is 5.52 Å². The van der Waals surface area contributed by atoms with E-state index in [1.165, 1.54) is 0 Å². The number of aliphatic carboxylic acids is 1. The van der Waals surface area contributed by atoms with Crippen LogP contribution in [0.2, 0.25) is 0 Å². The first kappa shape index (κ1) is 12.4. The van der Waals surface area contributed by atoms with E-state index in [0.29, 0.717) is 6.42 Å². The first-order chi connectivity index (χ1) is 9.75. The van der Waals surface area contributed by atoms with Gasteiger partial charge in [0, 0.05) is 36.0 Å². The van der Waals surface area contributed by atoms with E-state index in [0.717, 1.165) is 27.6 Å². The Labute approximate surface area is 116 Å². The van der Waals surface area contributed by atoms with Gasteiger partial charge in [-0.3, -0.25) is 9.78 Å². The van der Waals surface area contributed by atoms with Crippen molar-refractivity contribution in [3.63, 3.8) is 0 Å². The minimum absolute atomic E-state index is 0.145. The zero-order chi connectivity index (χ0) is 13.9. The molecule has 0 aliphatic heterocycles. The summed E-state index contributed by atoms with van der Waals surface area (Å²) < 4.78 is 0. The largest absolute Gasteiger partial charge is 0.481 e. The minimum Gasteiger partial charge on any atom is -0.481 e. The van der Waals surface area contributed by atoms with Crippen LogP contribution in [-0.2, 0) is 11.2 Å². The van der Waals surface area contributed by atoms with Gasteiger partial charge in [0.15, 0.2) is 0 Å². The molecule has 0 radical (unpaired) electrons. The molecule has 1 aromatic carbocycles. The quantitative estimate of drug-likeness (QED) is 0.761. The number of aromatic nitrogens is 2. The number of benzene rings is 1. The van der Waals surface area contributed by atoms with Gasteiger partial charge in [-0.1, -0.05) is 18.2 Å². The molecule has 2 aromatic heterocycles. The van der Waals surface area contributed by atoms with Crippen molar-refractivity contribution in [2.24, 2.45) is 0 Å². The summed E-state index contributed by atoms with van der Waals surface area (Å²) in [6.45, 7) is 0. The molecule has 0 aliphatic rings. The van der Waals surface area contributed by atoms with Crippen LogP contribution in [0, 0.1) is 0 Å². The lowest BCUT2D eigenvalue weighted by Crippen LogP contribution is -1.96. The van der Waals surface area contributed by atoms with E-state index < -0.39 is 5.97 Å². The Balaban J connectivity index is 2.06. The Morgan fingerprint density at radius 2 is 2.00 bits per heavy atom. The Morgan fingerprint density at radius 1 is 1.20 bits per heavy atom. The number of H-pyrrole nitrogens is 1. The van der Waals surface area contributed by atoms with Gasteiger partial charge in [-0.15, -0.1) is 0 Å². The van der Waals surface area contributed by atoms with Crippen molar-refractivity contribution >= 4 is 16.9 Å². The van der Waals surface area contributed by atoms with E-state index in [1.54, 1.807) is 12.4 Å². The highest BCUT2D eigenvalue weighted by molar-refractivity contribution is 5.96. The molecular weight excluding hydrogens is 252 g/mol. The van der Waals surface area contributed by atoms with Crippen LogP contribution in [-0.4, -0.2) is 21.0 Å². The normalized spacial score (nSPS) is 10.8. The number of aromatic amines is 1. The van der Waals surface area contributed by atoms with Gasteiger partial charge in [-0.25, -0.2) is 0 Å². The number of nitrogens with one attached hydrogen (secondary N) is 1. The Bertz CT molecular complexity index is 748. The maximum atomic E-state index is 10.7. The van der Waals surface area contributed by atoms with E-state index in [4.69, 9.17) is 5.11 Å². The predicted molar refractivity (Wildman–Crippen MR) is 77.5 cm³/mol. The zero-order valence-corrected chi connectivity index (χ0v) is 10.8. The SMILES string of the molecule is O=C(O)CCc1c[nH]c2c(-c3ccncc3)cccc12. The average Bonchev–Trinajstić information content (AvgIpc) is 2.89. The third kappa shape index (κ3) is 2.28. The summed E-state index contributed by atoms with van der Waals surface area (Å²) in [5.41, 5.74) is 4.28. The molecule has 3 rings (SSSR count). The van der Waals surface area contributed by atoms with Crippen LogP contribution in [0.15, 0.2) is 48.9 Å². The topological polar surface area (TPSA) is 66.0 Å². The zero-order valence-electron chi connectivity index (χ0n) is 10.8. The van der Waals surface area contributed by atoms with Crippen LogP contribution < -0.4 is 0 Å². The van der Waals surface area contributed by atoms with Gasteiger partial charge in [-0.2, -0.15) is 0 Å². The van der Waals surface area contributed by atoms with Crippen LogP contribution in [0.5, 0.6) is 0 Å². The number of rotatable bonds is 4. The van der Waals surface area contributed by atoms with Gasteiger partial charge in [0.25, 0.3) is 0 Å². The van der Waals surface area contributed by atoms with Gasteiger partial charge in [0.2, 0.25) is 0 Å². The van der Waals surface area contributed by atoms with Gasteiger partial charge >= 0.3 is 5.97 Å². The summed E-state index contributed by atoms with van der Waals surface area (Å²) in [7, 11) is 0. The smallest absolute Gasteiger partial charge is 0.303 e. The lowest BCUT2D eigenvalue weighted by Gasteiger charge is -2.03. The maximum absolute atomic E-state index is 10.7. The molecule has 0 saturated heterocycles. The molecule has 4 nitrogen and oxygen atoms in total. The van der Waals surface area contributed by atoms with Crippen LogP contribution >= 0.6 is 0 Å². The number of fused-ring (bicyclic) bond motifs is 1. The number of nitrogens with zero attached hydrogens (tertiary/aromatic N) is 1. The Hall–Kier alpha value is -2.62. The second-order valence-corrected chi connectivity index (χ2v) is 4.67. The minimum atomic E-state index is -0.773. The fourth-order valence-corrected chi connectivity index (χ4v) is 2.43. The summed E-state index contributed by atoms with van der Waals surface area (Å²) >= 11 is 0. The van der Waals surface area contributed by atoms with Crippen LogP contribution in [0.4, 0.5) is 0 Å². The summed E-state index contributed by atoms with van der Waals surface area (Å²) in [5.74, 6) is -0.773. The molecule has 0 spiro atoms. The van der Waals surface area contributed by atoms with Crippen molar-refractivity contribution in [1.29, 1.82) is 0 Å². The van der Waals surface area contributed by atoms with E-state index in [2.05, 4.69) is 16.0 Å². The number of hydrogen-bond donors (Lipinski definition) is 2. The van der Waals surface area contributed by atoms with Crippen molar-refractivity contribution in [1.82, 2.24) is 9.97 Å². The molecule has 2 heterocycles. The van der Waals surface area contributed by atoms with E-state index >= 15 is 0 Å². The highest BCUT2D eigenvalue weighted by Gasteiger charge is 2.09. The molecule has 0 bridgehead atoms. The van der Waals surface area contributed by atoms with Crippen molar-refractivity contribution in [3.05, 3.63) is 54.5 Å². The summed E-state index contributed by atoms with van der Waals surface area (Å²) in [6, 6.07) is 10.00. The highest BCUT2D eigenvalue weighted by Crippen LogP contribution is 2.29. The third-order valence-electron chi connectivity index (χ3n) is 3.40. The second kappa shape index (κ2) is 5.17. The second-order valence-electron chi connectivity index (χ2n) is 4.67. The Kier molecular flexibility index (Phi) is 3.21. The summed E-state index contributed by atoms with van der Waals surface area (Å²) in [5, 5.41) is 9.88. The van der Waals surface area contributed by atoms with Gasteiger partial charge in [-0.05, 0) is 29.7 Å². The molecule has 0 fully saturated rings. The number of carboxylic acid groups (broad SMARTS) is 1. The molecule has 100 valence electrons. The van der Waals surface area contributed by atoms with Crippen molar-refractivity contribution in [2.75, 3.05) is 0 Å². The molecular formula is C16H14N2O2. The predicted octanol–water partition coefficient (Wildman–Crippen LogP) is 3.25. The molecule has 4 heteroatoms. The number of carbonyl (C=O) groups is 1. The fourth-order valence-electron chi connectivity index (χ4n) is 2.43. The van der Waals surface area contributed by atoms with Crippen molar-refractivity contribution in [2.45, 2.75) is 12.8 Å². The van der Waals surface area contributed by atoms with E-state index in [1.807, 2.05) is 30.5 Å². The fraction of sp³-hybridized carbons (Fsp3) is 0.125. The van der Waals surface area contributed by atoms with E-state index in [-0.39, 0.29) is 6.42 Å².